The number of rotatable bonds is 1. The summed E-state index contributed by atoms with van der Waals surface area (Å²) in [5, 5.41) is 0.719. The number of hydrogen-bond acceptors (Lipinski definition) is 2. The highest BCUT2D eigenvalue weighted by Gasteiger charge is 2.03. The normalized spacial score (nSPS) is 13.4. The van der Waals surface area contributed by atoms with E-state index in [1.807, 2.05) is 12.1 Å². The van der Waals surface area contributed by atoms with Crippen molar-refractivity contribution in [3.63, 3.8) is 0 Å². The Balaban J connectivity index is 2.76. The van der Waals surface area contributed by atoms with Crippen LogP contribution in [0.2, 0.25) is 0 Å². The molecule has 0 bridgehead atoms. The predicted molar refractivity (Wildman–Crippen MR) is 53.2 cm³/mol. The highest BCUT2D eigenvalue weighted by atomic mass is 79.9. The maximum absolute atomic E-state index is 10.7. The van der Waals surface area contributed by atoms with Crippen LogP contribution in [0.4, 0.5) is 0 Å². The summed E-state index contributed by atoms with van der Waals surface area (Å²) >= 11 is 1.13. The van der Waals surface area contributed by atoms with E-state index >= 15 is 0 Å². The lowest BCUT2D eigenvalue weighted by Crippen LogP contribution is -1.85. The molecule has 0 aliphatic rings. The summed E-state index contributed by atoms with van der Waals surface area (Å²) in [6.07, 6.45) is 1.49. The molecule has 2 rings (SSSR count). The van der Waals surface area contributed by atoms with Crippen molar-refractivity contribution in [3.8, 4) is 0 Å². The zero-order valence-corrected chi connectivity index (χ0v) is 8.81. The van der Waals surface area contributed by atoms with Gasteiger partial charge in [0.1, 0.15) is 0 Å². The van der Waals surface area contributed by atoms with Crippen LogP contribution in [0.25, 0.3) is 10.9 Å². The van der Waals surface area contributed by atoms with Gasteiger partial charge in [-0.1, -0.05) is 22.0 Å². The van der Waals surface area contributed by atoms with Crippen LogP contribution < -0.4 is 0 Å². The maximum atomic E-state index is 10.7. The highest BCUT2D eigenvalue weighted by molar-refractivity contribution is 9.10. The van der Waals surface area contributed by atoms with Gasteiger partial charge in [-0.2, -0.15) is 0 Å². The van der Waals surface area contributed by atoms with Crippen LogP contribution in [0.1, 0.15) is 0 Å². The third-order valence-electron chi connectivity index (χ3n) is 1.79. The molecule has 0 saturated heterocycles. The monoisotopic (exact) mass is 258 g/mol. The lowest BCUT2D eigenvalue weighted by molar-refractivity contribution is 0.538. The number of fused-ring (bicyclic) bond motifs is 1. The van der Waals surface area contributed by atoms with Crippen molar-refractivity contribution in [3.05, 3.63) is 28.9 Å². The molecule has 0 fully saturated rings. The molecule has 1 heterocycles. The van der Waals surface area contributed by atoms with Crippen LogP contribution in [0.3, 0.4) is 0 Å². The molecule has 1 atom stereocenters. The molecule has 1 aromatic carbocycles. The number of benzene rings is 1. The Bertz CT molecular complexity index is 480. The summed E-state index contributed by atoms with van der Waals surface area (Å²) in [4.78, 5) is 3.20. The Hall–Kier alpha value is -0.650. The van der Waals surface area contributed by atoms with E-state index in [0.29, 0.717) is 4.90 Å². The fourth-order valence-electron chi connectivity index (χ4n) is 1.21. The van der Waals surface area contributed by atoms with Crippen molar-refractivity contribution >= 4 is 37.9 Å². The Kier molecular flexibility index (Phi) is 2.23. The van der Waals surface area contributed by atoms with E-state index in [-0.39, 0.29) is 0 Å². The topological polar surface area (TPSA) is 55.9 Å². The average molecular weight is 259 g/mol. The molecule has 1 N–H and O–H groups in total. The minimum absolute atomic E-state index is 0.308. The zero-order valence-electron chi connectivity index (χ0n) is 6.41. The standard InChI is InChI=1S/C8H6BrNO2S/c9-5-1-2-6-7(3-5)10-4-8(6)13(11)12/h1-4,10H,(H,11,12)/p-1. The molecular formula is C8H5BrNO2S-. The first-order valence-corrected chi connectivity index (χ1v) is 5.41. The zero-order chi connectivity index (χ0) is 9.42. The summed E-state index contributed by atoms with van der Waals surface area (Å²) in [6, 6.07) is 5.42. The van der Waals surface area contributed by atoms with Gasteiger partial charge in [0.25, 0.3) is 0 Å². The van der Waals surface area contributed by atoms with E-state index in [9.17, 15) is 8.76 Å². The van der Waals surface area contributed by atoms with Gasteiger partial charge < -0.3 is 9.54 Å². The Morgan fingerprint density at radius 2 is 2.23 bits per heavy atom. The molecule has 0 aliphatic heterocycles. The second-order valence-corrected chi connectivity index (χ2v) is 4.40. The molecule has 1 aromatic heterocycles. The summed E-state index contributed by atoms with van der Waals surface area (Å²) in [5.41, 5.74) is 0.813. The third-order valence-corrected chi connectivity index (χ3v) is 2.98. The van der Waals surface area contributed by atoms with Gasteiger partial charge in [0.15, 0.2) is 0 Å². The second-order valence-electron chi connectivity index (χ2n) is 2.58. The molecule has 3 nitrogen and oxygen atoms in total. The van der Waals surface area contributed by atoms with Crippen LogP contribution in [0.15, 0.2) is 33.8 Å². The number of nitrogens with one attached hydrogen (secondary N) is 1. The smallest absolute Gasteiger partial charge is 0.0502 e. The number of aromatic amines is 1. The SMILES string of the molecule is O=S([O-])c1c[nH]c2cc(Br)ccc12. The number of hydrogen-bond donors (Lipinski definition) is 1. The molecule has 0 spiro atoms. The largest absolute Gasteiger partial charge is 0.768 e. The van der Waals surface area contributed by atoms with Crippen LogP contribution in [-0.2, 0) is 11.1 Å². The van der Waals surface area contributed by atoms with Crippen molar-refractivity contribution in [1.29, 1.82) is 0 Å². The lowest BCUT2D eigenvalue weighted by atomic mass is 10.2. The molecule has 0 saturated carbocycles. The average Bonchev–Trinajstić information content (AvgIpc) is 2.46. The number of H-pyrrole nitrogens is 1. The minimum atomic E-state index is -2.18. The van der Waals surface area contributed by atoms with E-state index in [1.54, 1.807) is 6.07 Å². The van der Waals surface area contributed by atoms with Crippen LogP contribution in [-0.4, -0.2) is 13.7 Å². The summed E-state index contributed by atoms with van der Waals surface area (Å²) in [6.45, 7) is 0. The molecule has 0 amide bonds. The lowest BCUT2D eigenvalue weighted by Gasteiger charge is -2.01. The summed E-state index contributed by atoms with van der Waals surface area (Å²) in [7, 11) is 0. The maximum Gasteiger partial charge on any atom is 0.0502 e. The van der Waals surface area contributed by atoms with E-state index < -0.39 is 11.1 Å². The highest BCUT2D eigenvalue weighted by Crippen LogP contribution is 2.23. The summed E-state index contributed by atoms with van der Waals surface area (Å²) < 4.78 is 22.4. The van der Waals surface area contributed by atoms with Gasteiger partial charge in [0.05, 0.1) is 4.90 Å². The molecule has 5 heteroatoms. The van der Waals surface area contributed by atoms with Gasteiger partial charge in [-0.05, 0) is 23.2 Å². The molecule has 68 valence electrons. The predicted octanol–water partition coefficient (Wildman–Crippen LogP) is 2.17. The van der Waals surface area contributed by atoms with Gasteiger partial charge in [0.2, 0.25) is 0 Å². The fraction of sp³-hybridized carbons (Fsp3) is 0. The van der Waals surface area contributed by atoms with Crippen LogP contribution in [0, 0.1) is 0 Å². The van der Waals surface area contributed by atoms with E-state index in [0.717, 1.165) is 15.4 Å². The van der Waals surface area contributed by atoms with Gasteiger partial charge >= 0.3 is 0 Å². The van der Waals surface area contributed by atoms with Crippen molar-refractivity contribution in [1.82, 2.24) is 4.98 Å². The Labute approximate surface area is 85.6 Å². The number of aromatic nitrogens is 1. The Morgan fingerprint density at radius 1 is 1.46 bits per heavy atom. The molecule has 2 aromatic rings. The molecule has 0 aliphatic carbocycles. The van der Waals surface area contributed by atoms with Crippen LogP contribution >= 0.6 is 15.9 Å². The van der Waals surface area contributed by atoms with Gasteiger partial charge in [-0.3, -0.25) is 4.21 Å². The van der Waals surface area contributed by atoms with Gasteiger partial charge in [0, 0.05) is 21.6 Å². The van der Waals surface area contributed by atoms with Crippen molar-refractivity contribution in [2.24, 2.45) is 0 Å². The molecule has 0 radical (unpaired) electrons. The molecular weight excluding hydrogens is 254 g/mol. The Morgan fingerprint density at radius 3 is 2.92 bits per heavy atom. The third kappa shape index (κ3) is 1.54. The van der Waals surface area contributed by atoms with Gasteiger partial charge in [-0.15, -0.1) is 0 Å². The second kappa shape index (κ2) is 3.25. The van der Waals surface area contributed by atoms with Crippen molar-refractivity contribution in [2.45, 2.75) is 4.90 Å². The van der Waals surface area contributed by atoms with E-state index in [2.05, 4.69) is 20.9 Å². The fourth-order valence-corrected chi connectivity index (χ4v) is 2.08. The molecule has 1 unspecified atom stereocenters. The first kappa shape index (κ1) is 8.93. The first-order valence-electron chi connectivity index (χ1n) is 3.54. The summed E-state index contributed by atoms with van der Waals surface area (Å²) in [5.74, 6) is 0. The quantitative estimate of drug-likeness (QED) is 0.798. The minimum Gasteiger partial charge on any atom is -0.768 e. The van der Waals surface area contributed by atoms with Crippen molar-refractivity contribution in [2.75, 3.05) is 0 Å². The molecule has 13 heavy (non-hydrogen) atoms. The van der Waals surface area contributed by atoms with Gasteiger partial charge in [-0.25, -0.2) is 0 Å². The first-order chi connectivity index (χ1) is 6.18. The van der Waals surface area contributed by atoms with E-state index in [4.69, 9.17) is 0 Å². The number of halogens is 1. The van der Waals surface area contributed by atoms with Crippen molar-refractivity contribution < 1.29 is 8.76 Å². The van der Waals surface area contributed by atoms with E-state index in [1.165, 1.54) is 6.20 Å². The van der Waals surface area contributed by atoms with Crippen LogP contribution in [0.5, 0.6) is 0 Å².